The molecule has 3 aromatic rings. The highest BCUT2D eigenvalue weighted by Crippen LogP contribution is 2.70. The molecule has 10 nitrogen and oxygen atoms in total. The lowest BCUT2D eigenvalue weighted by Crippen LogP contribution is -2.52. The summed E-state index contributed by atoms with van der Waals surface area (Å²) < 4.78 is 39.5. The van der Waals surface area contributed by atoms with E-state index >= 15 is 0 Å². The van der Waals surface area contributed by atoms with Crippen LogP contribution in [0.4, 0.5) is 0 Å². The summed E-state index contributed by atoms with van der Waals surface area (Å²) in [6.07, 6.45) is -1.66. The Morgan fingerprint density at radius 1 is 0.872 bits per heavy atom. The Labute approximate surface area is 224 Å². The van der Waals surface area contributed by atoms with Crippen molar-refractivity contribution in [2.24, 2.45) is 5.92 Å². The minimum atomic E-state index is -2.16. The fraction of sp³-hybridized carbons (Fsp3) is 0.345. The SMILES string of the molecule is COC(=O)[C@H]1[C@@H](O)[C@@]2(O)c3c(OC)cc(OC)cc3O[C@@]2(c2ccc(OC)cc2)[C@@H]1c1ccc2c(c1)OCO2. The topological polar surface area (TPSA) is 122 Å². The lowest BCUT2D eigenvalue weighted by molar-refractivity contribution is -0.161. The molecule has 3 aliphatic rings. The van der Waals surface area contributed by atoms with Gasteiger partial charge in [0.15, 0.2) is 22.7 Å². The van der Waals surface area contributed by atoms with E-state index in [-0.39, 0.29) is 23.9 Å². The molecular formula is C29H28O10. The van der Waals surface area contributed by atoms with Crippen LogP contribution in [0.2, 0.25) is 0 Å². The number of methoxy groups -OCH3 is 4. The Morgan fingerprint density at radius 3 is 2.26 bits per heavy atom. The van der Waals surface area contributed by atoms with Gasteiger partial charge in [-0.25, -0.2) is 0 Å². The van der Waals surface area contributed by atoms with E-state index in [4.69, 9.17) is 33.2 Å². The zero-order chi connectivity index (χ0) is 27.5. The molecule has 2 N–H and O–H groups in total. The van der Waals surface area contributed by atoms with Crippen LogP contribution in [-0.4, -0.2) is 57.5 Å². The monoisotopic (exact) mass is 536 g/mol. The van der Waals surface area contributed by atoms with Gasteiger partial charge in [-0.15, -0.1) is 0 Å². The van der Waals surface area contributed by atoms with Gasteiger partial charge in [0.2, 0.25) is 6.79 Å². The normalized spacial score (nSPS) is 27.8. The number of hydrogen-bond donors (Lipinski definition) is 2. The van der Waals surface area contributed by atoms with Gasteiger partial charge in [-0.1, -0.05) is 18.2 Å². The van der Waals surface area contributed by atoms with Crippen LogP contribution in [0.5, 0.6) is 34.5 Å². The number of rotatable bonds is 6. The Balaban J connectivity index is 1.69. The summed E-state index contributed by atoms with van der Waals surface area (Å²) in [4.78, 5) is 13.4. The standard InChI is InChI=1S/C29H28O10/c1-33-17-8-6-16(7-9-17)29-24(15-5-10-19-20(11-15)38-14-37-19)23(27(31)36-4)26(30)28(29,32)25-21(35-3)12-18(34-2)13-22(25)39-29/h5-13,23-24,26,30,32H,14H2,1-4H3/t23-,24-,26-,28+,29+/m1/s1. The molecule has 204 valence electrons. The number of benzene rings is 3. The molecule has 2 aliphatic heterocycles. The molecule has 0 radical (unpaired) electrons. The molecule has 5 atom stereocenters. The average Bonchev–Trinajstić information content (AvgIpc) is 3.60. The first-order chi connectivity index (χ1) is 18.8. The van der Waals surface area contributed by atoms with E-state index in [0.29, 0.717) is 34.1 Å². The van der Waals surface area contributed by atoms with E-state index in [9.17, 15) is 15.0 Å². The third-order valence-electron chi connectivity index (χ3n) is 8.03. The van der Waals surface area contributed by atoms with Crippen molar-refractivity contribution in [3.63, 3.8) is 0 Å². The molecule has 39 heavy (non-hydrogen) atoms. The van der Waals surface area contributed by atoms with Crippen LogP contribution in [0.1, 0.15) is 22.6 Å². The second-order valence-electron chi connectivity index (χ2n) is 9.62. The fourth-order valence-electron chi connectivity index (χ4n) is 6.35. The molecule has 6 rings (SSSR count). The smallest absolute Gasteiger partial charge is 0.312 e. The van der Waals surface area contributed by atoms with Crippen LogP contribution in [0.3, 0.4) is 0 Å². The first-order valence-corrected chi connectivity index (χ1v) is 12.3. The van der Waals surface area contributed by atoms with Gasteiger partial charge >= 0.3 is 5.97 Å². The third kappa shape index (κ3) is 3.25. The lowest BCUT2D eigenvalue weighted by atomic mass is 9.70. The molecule has 0 spiro atoms. The summed E-state index contributed by atoms with van der Waals surface area (Å²) in [5, 5.41) is 24.8. The van der Waals surface area contributed by atoms with E-state index < -0.39 is 35.1 Å². The first kappa shape index (κ1) is 25.1. The van der Waals surface area contributed by atoms with E-state index in [2.05, 4.69) is 0 Å². The molecule has 1 aliphatic carbocycles. The first-order valence-electron chi connectivity index (χ1n) is 12.3. The van der Waals surface area contributed by atoms with Gasteiger partial charge in [0.25, 0.3) is 0 Å². The van der Waals surface area contributed by atoms with Crippen molar-refractivity contribution in [2.45, 2.75) is 23.2 Å². The number of aliphatic hydroxyl groups is 2. The summed E-state index contributed by atoms with van der Waals surface area (Å²) in [5.41, 5.74) is -2.61. The number of hydrogen-bond acceptors (Lipinski definition) is 10. The van der Waals surface area contributed by atoms with E-state index in [0.717, 1.165) is 0 Å². The molecular weight excluding hydrogens is 508 g/mol. The molecule has 0 amide bonds. The predicted molar refractivity (Wildman–Crippen MR) is 136 cm³/mol. The Bertz CT molecular complexity index is 1440. The van der Waals surface area contributed by atoms with Crippen LogP contribution < -0.4 is 28.4 Å². The summed E-state index contributed by atoms with van der Waals surface area (Å²) >= 11 is 0. The number of esters is 1. The fourth-order valence-corrected chi connectivity index (χ4v) is 6.35. The molecule has 10 heteroatoms. The van der Waals surface area contributed by atoms with E-state index in [1.807, 2.05) is 0 Å². The van der Waals surface area contributed by atoms with Crippen molar-refractivity contribution in [2.75, 3.05) is 35.2 Å². The molecule has 0 unspecified atom stereocenters. The maximum atomic E-state index is 13.4. The van der Waals surface area contributed by atoms with Crippen molar-refractivity contribution < 1.29 is 48.2 Å². The molecule has 1 saturated carbocycles. The summed E-state index contributed by atoms with van der Waals surface area (Å²) in [7, 11) is 5.73. The molecule has 3 aromatic carbocycles. The maximum absolute atomic E-state index is 13.4. The van der Waals surface area contributed by atoms with Gasteiger partial charge < -0.3 is 43.4 Å². The molecule has 0 saturated heterocycles. The largest absolute Gasteiger partial charge is 0.497 e. The number of aliphatic hydroxyl groups excluding tert-OH is 1. The van der Waals surface area contributed by atoms with Gasteiger partial charge in [0.05, 0.1) is 39.9 Å². The van der Waals surface area contributed by atoms with Gasteiger partial charge in [-0.2, -0.15) is 0 Å². The molecule has 0 bridgehead atoms. The van der Waals surface area contributed by atoms with Crippen molar-refractivity contribution in [3.8, 4) is 34.5 Å². The second kappa shape index (κ2) is 8.96. The van der Waals surface area contributed by atoms with Crippen molar-refractivity contribution in [3.05, 3.63) is 71.3 Å². The summed E-state index contributed by atoms with van der Waals surface area (Å²) in [6, 6.07) is 15.4. The van der Waals surface area contributed by atoms with Gasteiger partial charge in [-0.05, 0) is 35.4 Å². The van der Waals surface area contributed by atoms with Crippen LogP contribution >= 0.6 is 0 Å². The van der Waals surface area contributed by atoms with Crippen molar-refractivity contribution in [1.82, 2.24) is 0 Å². The minimum absolute atomic E-state index is 0.0546. The number of ether oxygens (including phenoxy) is 7. The zero-order valence-corrected chi connectivity index (χ0v) is 21.8. The van der Waals surface area contributed by atoms with Crippen molar-refractivity contribution in [1.29, 1.82) is 0 Å². The zero-order valence-electron chi connectivity index (χ0n) is 21.8. The highest BCUT2D eigenvalue weighted by molar-refractivity contribution is 5.78. The summed E-state index contributed by atoms with van der Waals surface area (Å²) in [6.45, 7) is 0.0546. The minimum Gasteiger partial charge on any atom is -0.497 e. The van der Waals surface area contributed by atoms with Crippen LogP contribution in [-0.2, 0) is 20.7 Å². The molecule has 0 aromatic heterocycles. The summed E-state index contributed by atoms with van der Waals surface area (Å²) in [5.74, 6) is -0.386. The number of carbonyl (C=O) groups is 1. The molecule has 1 fully saturated rings. The second-order valence-corrected chi connectivity index (χ2v) is 9.62. The highest BCUT2D eigenvalue weighted by atomic mass is 16.7. The quantitative estimate of drug-likeness (QED) is 0.455. The van der Waals surface area contributed by atoms with E-state index in [1.165, 1.54) is 21.3 Å². The van der Waals surface area contributed by atoms with E-state index in [1.54, 1.807) is 61.7 Å². The Morgan fingerprint density at radius 2 is 1.59 bits per heavy atom. The Hall–Kier alpha value is -4.15. The predicted octanol–water partition coefficient (Wildman–Crippen LogP) is 2.86. The van der Waals surface area contributed by atoms with Crippen LogP contribution in [0, 0.1) is 5.92 Å². The van der Waals surface area contributed by atoms with Crippen molar-refractivity contribution >= 4 is 5.97 Å². The third-order valence-corrected chi connectivity index (χ3v) is 8.03. The lowest BCUT2D eigenvalue weighted by Gasteiger charge is -2.40. The van der Waals surface area contributed by atoms with Gasteiger partial charge in [0.1, 0.15) is 29.1 Å². The Kier molecular flexibility index (Phi) is 5.78. The van der Waals surface area contributed by atoms with Crippen LogP contribution in [0.15, 0.2) is 54.6 Å². The average molecular weight is 537 g/mol. The highest BCUT2D eigenvalue weighted by Gasteiger charge is 2.78. The number of carbonyl (C=O) groups excluding carboxylic acids is 1. The number of fused-ring (bicyclic) bond motifs is 4. The maximum Gasteiger partial charge on any atom is 0.312 e. The van der Waals surface area contributed by atoms with Gasteiger partial charge in [-0.3, -0.25) is 4.79 Å². The molecule has 2 heterocycles. The van der Waals surface area contributed by atoms with Crippen LogP contribution in [0.25, 0.3) is 0 Å². The van der Waals surface area contributed by atoms with Gasteiger partial charge in [0, 0.05) is 18.1 Å².